The third-order valence-electron chi connectivity index (χ3n) is 5.52. The predicted octanol–water partition coefficient (Wildman–Crippen LogP) is 5.50. The van der Waals surface area contributed by atoms with Crippen LogP contribution in [0.4, 0.5) is 0 Å². The lowest BCUT2D eigenvalue weighted by atomic mass is 9.98. The van der Waals surface area contributed by atoms with Gasteiger partial charge in [-0.1, -0.05) is 61.8 Å². The molecular weight excluding hydrogens is 400 g/mol. The average Bonchev–Trinajstić information content (AvgIpc) is 3.21. The molecule has 2 aromatic heterocycles. The third kappa shape index (κ3) is 4.43. The number of halogens is 1. The quantitative estimate of drug-likeness (QED) is 0.539. The van der Waals surface area contributed by atoms with Crippen LogP contribution in [-0.2, 0) is 6.54 Å². The van der Waals surface area contributed by atoms with Crippen LogP contribution in [0.25, 0.3) is 0 Å². The number of hydrogen-bond acceptors (Lipinski definition) is 4. The molecule has 1 N–H and O–H groups in total. The number of carbonyl (C=O) groups excluding carboxylic acids is 1. The summed E-state index contributed by atoms with van der Waals surface area (Å²) in [6.07, 6.45) is 0.770. The van der Waals surface area contributed by atoms with Crippen molar-refractivity contribution in [2.75, 3.05) is 0 Å². The number of rotatable bonds is 7. The monoisotopic (exact) mass is 428 g/mol. The van der Waals surface area contributed by atoms with E-state index in [4.69, 9.17) is 16.1 Å². The van der Waals surface area contributed by atoms with E-state index in [-0.39, 0.29) is 17.6 Å². The van der Waals surface area contributed by atoms with Crippen molar-refractivity contribution < 1.29 is 9.32 Å². The van der Waals surface area contributed by atoms with Crippen LogP contribution < -0.4 is 5.32 Å². The first-order valence-electron chi connectivity index (χ1n) is 10.3. The van der Waals surface area contributed by atoms with Crippen LogP contribution in [0.3, 0.4) is 0 Å². The topological polar surface area (TPSA) is 73.0 Å². The van der Waals surface area contributed by atoms with Crippen molar-refractivity contribution >= 4 is 17.5 Å². The molecule has 2 heterocycles. The van der Waals surface area contributed by atoms with Crippen LogP contribution in [0.15, 0.2) is 28.8 Å². The Morgan fingerprint density at radius 2 is 1.80 bits per heavy atom. The van der Waals surface area contributed by atoms with Gasteiger partial charge in [0.2, 0.25) is 0 Å². The molecule has 0 bridgehead atoms. The van der Waals surface area contributed by atoms with Gasteiger partial charge in [0, 0.05) is 5.56 Å². The number of amides is 1. The van der Waals surface area contributed by atoms with E-state index in [1.807, 2.05) is 20.8 Å². The fourth-order valence-electron chi connectivity index (χ4n) is 3.50. The van der Waals surface area contributed by atoms with Crippen LogP contribution in [-0.4, -0.2) is 20.8 Å². The molecule has 0 fully saturated rings. The standard InChI is InChI=1S/C23H29ClN4O2/c1-7-20(18-10-8-17(9-11-18)13(2)3)25-23(29)22-19(16(6)30-27-22)12-28-15(5)21(24)14(4)26-28/h8-11,13,20H,7,12H2,1-6H3,(H,25,29). The summed E-state index contributed by atoms with van der Waals surface area (Å²) in [5.41, 5.74) is 4.94. The van der Waals surface area contributed by atoms with E-state index < -0.39 is 0 Å². The second-order valence-corrected chi connectivity index (χ2v) is 8.34. The molecule has 6 nitrogen and oxygen atoms in total. The molecule has 0 aliphatic carbocycles. The molecule has 0 saturated heterocycles. The van der Waals surface area contributed by atoms with Crippen molar-refractivity contribution in [1.82, 2.24) is 20.3 Å². The Balaban J connectivity index is 1.82. The Bertz CT molecular complexity index is 1030. The number of aromatic nitrogens is 3. The number of nitrogens with one attached hydrogen (secondary N) is 1. The van der Waals surface area contributed by atoms with Gasteiger partial charge in [0.05, 0.1) is 29.0 Å². The van der Waals surface area contributed by atoms with Crippen LogP contribution >= 0.6 is 11.6 Å². The first-order valence-corrected chi connectivity index (χ1v) is 10.7. The molecule has 7 heteroatoms. The zero-order chi connectivity index (χ0) is 22.0. The van der Waals surface area contributed by atoms with Gasteiger partial charge in [0.1, 0.15) is 5.76 Å². The van der Waals surface area contributed by atoms with Crippen molar-refractivity contribution in [3.63, 3.8) is 0 Å². The maximum atomic E-state index is 13.1. The number of nitrogens with zero attached hydrogens (tertiary/aromatic N) is 3. The summed E-state index contributed by atoms with van der Waals surface area (Å²) in [6, 6.07) is 8.29. The van der Waals surface area contributed by atoms with Gasteiger partial charge >= 0.3 is 0 Å². The molecule has 0 aliphatic rings. The zero-order valence-electron chi connectivity index (χ0n) is 18.4. The minimum absolute atomic E-state index is 0.105. The highest BCUT2D eigenvalue weighted by molar-refractivity contribution is 6.31. The molecule has 1 unspecified atom stereocenters. The lowest BCUT2D eigenvalue weighted by molar-refractivity contribution is 0.0925. The molecule has 160 valence electrons. The lowest BCUT2D eigenvalue weighted by Crippen LogP contribution is -2.29. The highest BCUT2D eigenvalue weighted by atomic mass is 35.5. The van der Waals surface area contributed by atoms with Crippen LogP contribution in [0, 0.1) is 20.8 Å². The summed E-state index contributed by atoms with van der Waals surface area (Å²) in [5.74, 6) is 0.810. The van der Waals surface area contributed by atoms with Crippen molar-refractivity contribution in [2.24, 2.45) is 0 Å². The Morgan fingerprint density at radius 3 is 2.33 bits per heavy atom. The molecule has 3 aromatic rings. The highest BCUT2D eigenvalue weighted by Gasteiger charge is 2.24. The number of benzene rings is 1. The van der Waals surface area contributed by atoms with Crippen molar-refractivity contribution in [2.45, 2.75) is 66.5 Å². The van der Waals surface area contributed by atoms with E-state index in [0.29, 0.717) is 28.8 Å². The minimum Gasteiger partial charge on any atom is -0.361 e. The van der Waals surface area contributed by atoms with Gasteiger partial charge in [-0.3, -0.25) is 9.48 Å². The average molecular weight is 429 g/mol. The highest BCUT2D eigenvalue weighted by Crippen LogP contribution is 2.24. The molecule has 0 radical (unpaired) electrons. The first kappa shape index (κ1) is 22.1. The molecule has 1 atom stereocenters. The van der Waals surface area contributed by atoms with Crippen molar-refractivity contribution in [3.8, 4) is 0 Å². The van der Waals surface area contributed by atoms with Gasteiger partial charge < -0.3 is 9.84 Å². The molecule has 0 spiro atoms. The van der Waals surface area contributed by atoms with Gasteiger partial charge in [-0.25, -0.2) is 0 Å². The number of aryl methyl sites for hydroxylation is 2. The van der Waals surface area contributed by atoms with Gasteiger partial charge in [0.25, 0.3) is 5.91 Å². The summed E-state index contributed by atoms with van der Waals surface area (Å²) < 4.78 is 7.12. The molecule has 3 rings (SSSR count). The number of hydrogen-bond donors (Lipinski definition) is 1. The summed E-state index contributed by atoms with van der Waals surface area (Å²) in [4.78, 5) is 13.1. The maximum absolute atomic E-state index is 13.1. The normalized spacial score (nSPS) is 12.4. The minimum atomic E-state index is -0.255. The van der Waals surface area contributed by atoms with E-state index >= 15 is 0 Å². The maximum Gasteiger partial charge on any atom is 0.274 e. The molecule has 30 heavy (non-hydrogen) atoms. The zero-order valence-corrected chi connectivity index (χ0v) is 19.2. The third-order valence-corrected chi connectivity index (χ3v) is 6.07. The van der Waals surface area contributed by atoms with Gasteiger partial charge in [-0.05, 0) is 44.2 Å². The predicted molar refractivity (Wildman–Crippen MR) is 118 cm³/mol. The molecule has 1 aromatic carbocycles. The Hall–Kier alpha value is -2.60. The van der Waals surface area contributed by atoms with Crippen molar-refractivity contribution in [3.05, 3.63) is 68.8 Å². The first-order chi connectivity index (χ1) is 14.2. The fraction of sp³-hybridized carbons (Fsp3) is 0.435. The molecule has 0 aliphatic heterocycles. The smallest absolute Gasteiger partial charge is 0.274 e. The van der Waals surface area contributed by atoms with E-state index in [1.54, 1.807) is 11.6 Å². The Kier molecular flexibility index (Phi) is 6.66. The lowest BCUT2D eigenvalue weighted by Gasteiger charge is -2.18. The van der Waals surface area contributed by atoms with Crippen LogP contribution in [0.1, 0.15) is 83.5 Å². The number of carbonyl (C=O) groups is 1. The SMILES string of the molecule is CCC(NC(=O)c1noc(C)c1Cn1nc(C)c(Cl)c1C)c1ccc(C(C)C)cc1. The largest absolute Gasteiger partial charge is 0.361 e. The summed E-state index contributed by atoms with van der Waals surface area (Å²) in [6.45, 7) is 12.3. The summed E-state index contributed by atoms with van der Waals surface area (Å²) in [5, 5.41) is 12.2. The molecule has 1 amide bonds. The van der Waals surface area contributed by atoms with Crippen LogP contribution in [0.2, 0.25) is 5.02 Å². The Labute approximate surface area is 182 Å². The fourth-order valence-corrected chi connectivity index (χ4v) is 3.63. The van der Waals surface area contributed by atoms with E-state index in [2.05, 4.69) is 53.7 Å². The Morgan fingerprint density at radius 1 is 1.17 bits per heavy atom. The second-order valence-electron chi connectivity index (χ2n) is 7.96. The van der Waals surface area contributed by atoms with Gasteiger partial charge in [-0.2, -0.15) is 5.10 Å². The summed E-state index contributed by atoms with van der Waals surface area (Å²) in [7, 11) is 0. The molecule has 0 saturated carbocycles. The van der Waals surface area contributed by atoms with Gasteiger partial charge in [-0.15, -0.1) is 0 Å². The summed E-state index contributed by atoms with van der Waals surface area (Å²) >= 11 is 6.26. The molecular formula is C23H29ClN4O2. The van der Waals surface area contributed by atoms with E-state index in [0.717, 1.165) is 23.4 Å². The van der Waals surface area contributed by atoms with E-state index in [9.17, 15) is 4.79 Å². The van der Waals surface area contributed by atoms with Gasteiger partial charge in [0.15, 0.2) is 5.69 Å². The van der Waals surface area contributed by atoms with Crippen molar-refractivity contribution in [1.29, 1.82) is 0 Å². The van der Waals surface area contributed by atoms with Crippen LogP contribution in [0.5, 0.6) is 0 Å². The van der Waals surface area contributed by atoms with E-state index in [1.165, 1.54) is 5.56 Å². The second kappa shape index (κ2) is 9.04.